The van der Waals surface area contributed by atoms with Gasteiger partial charge in [0.15, 0.2) is 0 Å². The highest BCUT2D eigenvalue weighted by atomic mass is 15.2. The van der Waals surface area contributed by atoms with Crippen molar-refractivity contribution >= 4 is 27.3 Å². The van der Waals surface area contributed by atoms with Crippen LogP contribution in [0.4, 0.5) is 0 Å². The molecule has 8 aromatic rings. The van der Waals surface area contributed by atoms with Crippen LogP contribution in [0.2, 0.25) is 0 Å². The lowest BCUT2D eigenvalue weighted by Crippen LogP contribution is -1.97. The Bertz CT molecular complexity index is 2140. The van der Waals surface area contributed by atoms with Gasteiger partial charge < -0.3 is 0 Å². The van der Waals surface area contributed by atoms with E-state index in [0.29, 0.717) is 0 Å². The lowest BCUT2D eigenvalue weighted by molar-refractivity contribution is 0.974. The predicted molar refractivity (Wildman–Crippen MR) is 164 cm³/mol. The summed E-state index contributed by atoms with van der Waals surface area (Å²) in [4.78, 5) is 5.05. The first-order valence-electron chi connectivity index (χ1n) is 13.4. The zero-order chi connectivity index (χ0) is 26.5. The highest BCUT2D eigenvalue weighted by molar-refractivity contribution is 5.97. The minimum Gasteiger partial charge on any atom is -0.292 e. The Balaban J connectivity index is 1.32. The molecule has 0 spiro atoms. The van der Waals surface area contributed by atoms with Crippen molar-refractivity contribution < 1.29 is 0 Å². The number of pyridine rings is 1. The van der Waals surface area contributed by atoms with E-state index in [0.717, 1.165) is 56.0 Å². The number of rotatable bonds is 4. The molecule has 188 valence electrons. The molecule has 3 aromatic heterocycles. The summed E-state index contributed by atoms with van der Waals surface area (Å²) in [5.74, 6) is 0.924. The van der Waals surface area contributed by atoms with Crippen LogP contribution in [0.5, 0.6) is 0 Å². The Kier molecular flexibility index (Phi) is 5.10. The minimum atomic E-state index is 0.924. The third kappa shape index (κ3) is 3.62. The Morgan fingerprint density at radius 1 is 0.500 bits per heavy atom. The lowest BCUT2D eigenvalue weighted by atomic mass is 9.98. The standard InChI is InChI=1S/C36H24N4/c1-3-11-26(12-4-1)35-34(33-23-28-13-7-8-14-29(28)24-39(33)38-35)25-19-21-27(22-20-25)36-37-31-17-9-10-18-32(31)40(36)30-15-5-2-6-16-30/h1-24H. The van der Waals surface area contributed by atoms with Crippen LogP contribution >= 0.6 is 0 Å². The van der Waals surface area contributed by atoms with E-state index in [9.17, 15) is 0 Å². The molecule has 0 N–H and O–H groups in total. The number of para-hydroxylation sites is 3. The Morgan fingerprint density at radius 3 is 1.95 bits per heavy atom. The van der Waals surface area contributed by atoms with Crippen molar-refractivity contribution in [2.75, 3.05) is 0 Å². The predicted octanol–water partition coefficient (Wildman–Crippen LogP) is 8.83. The van der Waals surface area contributed by atoms with Gasteiger partial charge in [0.2, 0.25) is 0 Å². The van der Waals surface area contributed by atoms with E-state index in [4.69, 9.17) is 10.1 Å². The molecular formula is C36H24N4. The number of fused-ring (bicyclic) bond motifs is 3. The molecule has 0 aliphatic carbocycles. The normalized spacial score (nSPS) is 11.5. The molecule has 3 heterocycles. The number of nitrogens with zero attached hydrogens (tertiary/aromatic N) is 4. The maximum Gasteiger partial charge on any atom is 0.145 e. The molecule has 0 amide bonds. The average Bonchev–Trinajstić information content (AvgIpc) is 3.59. The van der Waals surface area contributed by atoms with Crippen LogP contribution < -0.4 is 0 Å². The van der Waals surface area contributed by atoms with Gasteiger partial charge in [-0.05, 0) is 41.3 Å². The van der Waals surface area contributed by atoms with E-state index < -0.39 is 0 Å². The second-order valence-electron chi connectivity index (χ2n) is 9.99. The third-order valence-electron chi connectivity index (χ3n) is 7.55. The number of imidazole rings is 1. The number of benzene rings is 5. The molecule has 0 saturated heterocycles. The number of hydrogen-bond donors (Lipinski definition) is 0. The molecule has 5 aromatic carbocycles. The lowest BCUT2D eigenvalue weighted by Gasteiger charge is -2.10. The number of aromatic nitrogens is 4. The first-order chi connectivity index (χ1) is 19.8. The molecule has 0 radical (unpaired) electrons. The van der Waals surface area contributed by atoms with E-state index >= 15 is 0 Å². The first-order valence-corrected chi connectivity index (χ1v) is 13.4. The van der Waals surface area contributed by atoms with E-state index in [-0.39, 0.29) is 0 Å². The van der Waals surface area contributed by atoms with Gasteiger partial charge in [0.25, 0.3) is 0 Å². The molecule has 0 aliphatic rings. The van der Waals surface area contributed by atoms with Crippen LogP contribution in [0.15, 0.2) is 146 Å². The highest BCUT2D eigenvalue weighted by Gasteiger charge is 2.19. The minimum absolute atomic E-state index is 0.924. The van der Waals surface area contributed by atoms with Gasteiger partial charge >= 0.3 is 0 Å². The van der Waals surface area contributed by atoms with E-state index in [2.05, 4.69) is 132 Å². The molecule has 0 aliphatic heterocycles. The summed E-state index contributed by atoms with van der Waals surface area (Å²) in [6.07, 6.45) is 2.12. The van der Waals surface area contributed by atoms with Crippen molar-refractivity contribution in [3.63, 3.8) is 0 Å². The summed E-state index contributed by atoms with van der Waals surface area (Å²) in [6.45, 7) is 0. The van der Waals surface area contributed by atoms with E-state index in [1.165, 1.54) is 10.8 Å². The fraction of sp³-hybridized carbons (Fsp3) is 0. The highest BCUT2D eigenvalue weighted by Crippen LogP contribution is 2.38. The van der Waals surface area contributed by atoms with E-state index in [1.807, 2.05) is 22.7 Å². The molecule has 8 rings (SSSR count). The Labute approximate surface area is 231 Å². The van der Waals surface area contributed by atoms with Crippen LogP contribution in [0.3, 0.4) is 0 Å². The molecule has 0 atom stereocenters. The SMILES string of the molecule is c1ccc(-c2nn3cc4ccccc4cc3c2-c2ccc(-c3nc4ccccc4n3-c3ccccc3)cc2)cc1. The molecule has 40 heavy (non-hydrogen) atoms. The van der Waals surface area contributed by atoms with Gasteiger partial charge in [0, 0.05) is 34.0 Å². The van der Waals surface area contributed by atoms with Gasteiger partial charge in [-0.3, -0.25) is 4.57 Å². The molecule has 0 bridgehead atoms. The van der Waals surface area contributed by atoms with Gasteiger partial charge in [0.05, 0.1) is 16.6 Å². The van der Waals surface area contributed by atoms with Gasteiger partial charge in [-0.25, -0.2) is 9.50 Å². The van der Waals surface area contributed by atoms with Crippen LogP contribution in [-0.2, 0) is 0 Å². The van der Waals surface area contributed by atoms with E-state index in [1.54, 1.807) is 0 Å². The van der Waals surface area contributed by atoms with Crippen LogP contribution in [0.25, 0.3) is 66.8 Å². The zero-order valence-electron chi connectivity index (χ0n) is 21.6. The monoisotopic (exact) mass is 512 g/mol. The maximum atomic E-state index is 5.07. The van der Waals surface area contributed by atoms with Crippen LogP contribution in [0, 0.1) is 0 Å². The first kappa shape index (κ1) is 22.5. The quantitative estimate of drug-likeness (QED) is 0.236. The molecule has 0 saturated carbocycles. The van der Waals surface area contributed by atoms with Gasteiger partial charge in [0.1, 0.15) is 11.5 Å². The average molecular weight is 513 g/mol. The molecular weight excluding hydrogens is 488 g/mol. The molecule has 0 fully saturated rings. The second kappa shape index (κ2) is 9.07. The summed E-state index contributed by atoms with van der Waals surface area (Å²) < 4.78 is 4.25. The summed E-state index contributed by atoms with van der Waals surface area (Å²) in [6, 6.07) is 48.6. The molecule has 0 unspecified atom stereocenters. The van der Waals surface area contributed by atoms with Crippen molar-refractivity contribution in [1.29, 1.82) is 0 Å². The van der Waals surface area contributed by atoms with Crippen molar-refractivity contribution in [3.8, 4) is 39.5 Å². The molecule has 4 nitrogen and oxygen atoms in total. The topological polar surface area (TPSA) is 35.1 Å². The smallest absolute Gasteiger partial charge is 0.145 e. The zero-order valence-corrected chi connectivity index (χ0v) is 21.6. The second-order valence-corrected chi connectivity index (χ2v) is 9.99. The van der Waals surface area contributed by atoms with Crippen molar-refractivity contribution in [2.45, 2.75) is 0 Å². The van der Waals surface area contributed by atoms with Crippen LogP contribution in [-0.4, -0.2) is 19.2 Å². The van der Waals surface area contributed by atoms with Crippen LogP contribution in [0.1, 0.15) is 0 Å². The summed E-state index contributed by atoms with van der Waals surface area (Å²) in [5, 5.41) is 7.44. The van der Waals surface area contributed by atoms with Gasteiger partial charge in [-0.2, -0.15) is 5.10 Å². The van der Waals surface area contributed by atoms with Crippen molar-refractivity contribution in [3.05, 3.63) is 146 Å². The number of hydrogen-bond acceptors (Lipinski definition) is 2. The van der Waals surface area contributed by atoms with Gasteiger partial charge in [-0.15, -0.1) is 0 Å². The maximum absolute atomic E-state index is 5.07. The van der Waals surface area contributed by atoms with Gasteiger partial charge in [-0.1, -0.05) is 109 Å². The fourth-order valence-electron chi connectivity index (χ4n) is 5.65. The van der Waals surface area contributed by atoms with Crippen molar-refractivity contribution in [2.24, 2.45) is 0 Å². The largest absolute Gasteiger partial charge is 0.292 e. The third-order valence-corrected chi connectivity index (χ3v) is 7.55. The summed E-state index contributed by atoms with van der Waals surface area (Å²) in [7, 11) is 0. The van der Waals surface area contributed by atoms with Crippen molar-refractivity contribution in [1.82, 2.24) is 19.2 Å². The Morgan fingerprint density at radius 2 is 1.15 bits per heavy atom. The fourth-order valence-corrected chi connectivity index (χ4v) is 5.65. The summed E-state index contributed by atoms with van der Waals surface area (Å²) >= 11 is 0. The Hall–Kier alpha value is -5.48. The molecule has 4 heteroatoms. The summed E-state index contributed by atoms with van der Waals surface area (Å²) in [5.41, 5.74) is 9.63.